The van der Waals surface area contributed by atoms with Gasteiger partial charge >= 0.3 is 0 Å². The molecule has 0 saturated heterocycles. The van der Waals surface area contributed by atoms with Crippen molar-refractivity contribution in [3.8, 4) is 5.88 Å². The van der Waals surface area contributed by atoms with E-state index in [0.717, 1.165) is 12.1 Å². The summed E-state index contributed by atoms with van der Waals surface area (Å²) in [4.78, 5) is 17.6. The van der Waals surface area contributed by atoms with Gasteiger partial charge in [-0.15, -0.1) is 0 Å². The van der Waals surface area contributed by atoms with Gasteiger partial charge in [-0.2, -0.15) is 0 Å². The summed E-state index contributed by atoms with van der Waals surface area (Å²) < 4.78 is 30.9. The molecule has 0 saturated carbocycles. The second kappa shape index (κ2) is 6.98. The second-order valence-electron chi connectivity index (χ2n) is 4.76. The van der Waals surface area contributed by atoms with E-state index in [2.05, 4.69) is 4.98 Å². The fourth-order valence-corrected chi connectivity index (χ4v) is 1.95. The lowest BCUT2D eigenvalue weighted by Crippen LogP contribution is -2.26. The van der Waals surface area contributed by atoms with Crippen LogP contribution in [0.1, 0.15) is 12.0 Å². The number of anilines is 1. The van der Waals surface area contributed by atoms with Gasteiger partial charge in [0.05, 0.1) is 19.0 Å². The number of hydrogen-bond donors (Lipinski definition) is 0. The zero-order valence-electron chi connectivity index (χ0n) is 12.3. The summed E-state index contributed by atoms with van der Waals surface area (Å²) >= 11 is 0. The van der Waals surface area contributed by atoms with Gasteiger partial charge in [0.1, 0.15) is 0 Å². The van der Waals surface area contributed by atoms with E-state index in [1.54, 1.807) is 19.2 Å². The number of aryl methyl sites for hydroxylation is 1. The molecule has 6 heteroatoms. The third kappa shape index (κ3) is 3.78. The summed E-state index contributed by atoms with van der Waals surface area (Å²) in [6.45, 7) is 0. The molecular weight excluding hydrogens is 290 g/mol. The van der Waals surface area contributed by atoms with Crippen LogP contribution in [0.5, 0.6) is 5.88 Å². The Labute approximate surface area is 127 Å². The maximum absolute atomic E-state index is 13.1. The summed E-state index contributed by atoms with van der Waals surface area (Å²) in [6, 6.07) is 7.03. The SMILES string of the molecule is COc1ccc(N(C)C(=O)CCc2ccc(F)c(F)c2)cn1. The Morgan fingerprint density at radius 2 is 2.00 bits per heavy atom. The van der Waals surface area contributed by atoms with Crippen LogP contribution in [-0.4, -0.2) is 25.0 Å². The molecule has 0 unspecified atom stereocenters. The Morgan fingerprint density at radius 3 is 2.59 bits per heavy atom. The van der Waals surface area contributed by atoms with E-state index in [-0.39, 0.29) is 12.3 Å². The van der Waals surface area contributed by atoms with Gasteiger partial charge in [-0.25, -0.2) is 13.8 Å². The predicted molar refractivity (Wildman–Crippen MR) is 78.9 cm³/mol. The van der Waals surface area contributed by atoms with Crippen molar-refractivity contribution in [3.05, 3.63) is 53.7 Å². The highest BCUT2D eigenvalue weighted by Gasteiger charge is 2.12. The normalized spacial score (nSPS) is 10.4. The van der Waals surface area contributed by atoms with Crippen LogP contribution in [0.4, 0.5) is 14.5 Å². The minimum atomic E-state index is -0.905. The average molecular weight is 306 g/mol. The summed E-state index contributed by atoms with van der Waals surface area (Å²) in [5, 5.41) is 0. The number of amides is 1. The van der Waals surface area contributed by atoms with E-state index in [1.165, 1.54) is 24.3 Å². The number of carbonyl (C=O) groups is 1. The van der Waals surface area contributed by atoms with Crippen LogP contribution in [0.15, 0.2) is 36.5 Å². The van der Waals surface area contributed by atoms with Gasteiger partial charge in [0, 0.05) is 19.5 Å². The number of nitrogens with zero attached hydrogens (tertiary/aromatic N) is 2. The number of aromatic nitrogens is 1. The molecule has 116 valence electrons. The van der Waals surface area contributed by atoms with Crippen molar-refractivity contribution in [2.45, 2.75) is 12.8 Å². The molecule has 2 aromatic rings. The zero-order valence-corrected chi connectivity index (χ0v) is 12.3. The molecule has 1 aromatic heterocycles. The number of ether oxygens (including phenoxy) is 1. The first-order valence-corrected chi connectivity index (χ1v) is 6.72. The fourth-order valence-electron chi connectivity index (χ4n) is 1.95. The topological polar surface area (TPSA) is 42.4 Å². The predicted octanol–water partition coefficient (Wildman–Crippen LogP) is 2.96. The van der Waals surface area contributed by atoms with E-state index in [1.807, 2.05) is 0 Å². The molecule has 2 rings (SSSR count). The highest BCUT2D eigenvalue weighted by atomic mass is 19.2. The number of rotatable bonds is 5. The van der Waals surface area contributed by atoms with Crippen LogP contribution >= 0.6 is 0 Å². The van der Waals surface area contributed by atoms with Crippen LogP contribution in [0, 0.1) is 11.6 Å². The third-order valence-corrected chi connectivity index (χ3v) is 3.30. The van der Waals surface area contributed by atoms with Crippen molar-refractivity contribution in [1.82, 2.24) is 4.98 Å². The van der Waals surface area contributed by atoms with E-state index < -0.39 is 11.6 Å². The van der Waals surface area contributed by atoms with Crippen LogP contribution < -0.4 is 9.64 Å². The number of methoxy groups -OCH3 is 1. The first-order valence-electron chi connectivity index (χ1n) is 6.72. The number of benzene rings is 1. The first kappa shape index (κ1) is 15.9. The molecular formula is C16H16F2N2O2. The molecule has 0 radical (unpaired) electrons. The third-order valence-electron chi connectivity index (χ3n) is 3.30. The zero-order chi connectivity index (χ0) is 16.1. The summed E-state index contributed by atoms with van der Waals surface area (Å²) in [5.74, 6) is -1.47. The Morgan fingerprint density at radius 1 is 1.23 bits per heavy atom. The number of pyridine rings is 1. The molecule has 22 heavy (non-hydrogen) atoms. The number of carbonyl (C=O) groups excluding carboxylic acids is 1. The fraction of sp³-hybridized carbons (Fsp3) is 0.250. The van der Waals surface area contributed by atoms with Gasteiger partial charge in [-0.1, -0.05) is 6.07 Å². The molecule has 0 aliphatic rings. The largest absolute Gasteiger partial charge is 0.481 e. The van der Waals surface area contributed by atoms with Crippen molar-refractivity contribution in [1.29, 1.82) is 0 Å². The monoisotopic (exact) mass is 306 g/mol. The molecule has 4 nitrogen and oxygen atoms in total. The molecule has 1 aromatic carbocycles. The van der Waals surface area contributed by atoms with E-state index in [9.17, 15) is 13.6 Å². The average Bonchev–Trinajstić information content (AvgIpc) is 2.55. The molecule has 1 amide bonds. The second-order valence-corrected chi connectivity index (χ2v) is 4.76. The quantitative estimate of drug-likeness (QED) is 0.853. The Hall–Kier alpha value is -2.50. The van der Waals surface area contributed by atoms with Gasteiger partial charge in [-0.3, -0.25) is 4.79 Å². The maximum Gasteiger partial charge on any atom is 0.227 e. The summed E-state index contributed by atoms with van der Waals surface area (Å²) in [6.07, 6.45) is 2.06. The van der Waals surface area contributed by atoms with Crippen molar-refractivity contribution in [2.75, 3.05) is 19.1 Å². The molecule has 0 bridgehead atoms. The minimum absolute atomic E-state index is 0.142. The van der Waals surface area contributed by atoms with E-state index >= 15 is 0 Å². The summed E-state index contributed by atoms with van der Waals surface area (Å²) in [5.41, 5.74) is 1.21. The lowest BCUT2D eigenvalue weighted by atomic mass is 10.1. The van der Waals surface area contributed by atoms with Crippen LogP contribution in [0.2, 0.25) is 0 Å². The molecule has 1 heterocycles. The Bertz CT molecular complexity index is 660. The highest BCUT2D eigenvalue weighted by Crippen LogP contribution is 2.17. The smallest absolute Gasteiger partial charge is 0.227 e. The Kier molecular flexibility index (Phi) is 5.04. The summed E-state index contributed by atoms with van der Waals surface area (Å²) in [7, 11) is 3.15. The van der Waals surface area contributed by atoms with Crippen LogP contribution in [0.3, 0.4) is 0 Å². The van der Waals surface area contributed by atoms with Gasteiger partial charge in [0.2, 0.25) is 11.8 Å². The molecule has 0 atom stereocenters. The lowest BCUT2D eigenvalue weighted by molar-refractivity contribution is -0.118. The van der Waals surface area contributed by atoms with Gasteiger partial charge < -0.3 is 9.64 Å². The van der Waals surface area contributed by atoms with E-state index in [4.69, 9.17) is 4.74 Å². The van der Waals surface area contributed by atoms with Crippen molar-refractivity contribution in [2.24, 2.45) is 0 Å². The molecule has 0 N–H and O–H groups in total. The van der Waals surface area contributed by atoms with Crippen molar-refractivity contribution >= 4 is 11.6 Å². The number of halogens is 2. The van der Waals surface area contributed by atoms with Gasteiger partial charge in [0.25, 0.3) is 0 Å². The Balaban J connectivity index is 1.97. The first-order chi connectivity index (χ1) is 10.5. The molecule has 0 aliphatic heterocycles. The molecule has 0 aliphatic carbocycles. The minimum Gasteiger partial charge on any atom is -0.481 e. The van der Waals surface area contributed by atoms with Gasteiger partial charge in [0.15, 0.2) is 11.6 Å². The van der Waals surface area contributed by atoms with Crippen molar-refractivity contribution in [3.63, 3.8) is 0 Å². The maximum atomic E-state index is 13.1. The highest BCUT2D eigenvalue weighted by molar-refractivity contribution is 5.92. The van der Waals surface area contributed by atoms with Gasteiger partial charge in [-0.05, 0) is 30.2 Å². The lowest BCUT2D eigenvalue weighted by Gasteiger charge is -2.17. The van der Waals surface area contributed by atoms with Crippen LogP contribution in [0.25, 0.3) is 0 Å². The van der Waals surface area contributed by atoms with Crippen LogP contribution in [-0.2, 0) is 11.2 Å². The number of hydrogen-bond acceptors (Lipinski definition) is 3. The van der Waals surface area contributed by atoms with E-state index in [0.29, 0.717) is 23.6 Å². The van der Waals surface area contributed by atoms with Crippen molar-refractivity contribution < 1.29 is 18.3 Å². The molecule has 0 spiro atoms. The molecule has 0 fully saturated rings. The standard InChI is InChI=1S/C16H16F2N2O2/c1-20(12-5-7-15(22-2)19-10-12)16(21)8-4-11-3-6-13(17)14(18)9-11/h3,5-7,9-10H,4,8H2,1-2H3.